The van der Waals surface area contributed by atoms with Gasteiger partial charge in [0.15, 0.2) is 0 Å². The van der Waals surface area contributed by atoms with Gasteiger partial charge in [0.25, 0.3) is 0 Å². The highest BCUT2D eigenvalue weighted by atomic mass is 19.1. The largest absolute Gasteiger partial charge is 0.478 e. The fraction of sp³-hybridized carbons (Fsp3) is 0.385. The van der Waals surface area contributed by atoms with Crippen LogP contribution in [0.15, 0.2) is 42.5 Å². The zero-order chi connectivity index (χ0) is 23.5. The van der Waals surface area contributed by atoms with E-state index >= 15 is 0 Å². The summed E-state index contributed by atoms with van der Waals surface area (Å²) < 4.78 is 33.9. The number of amides is 1. The van der Waals surface area contributed by atoms with E-state index < -0.39 is 11.6 Å². The molecule has 1 saturated heterocycles. The summed E-state index contributed by atoms with van der Waals surface area (Å²) in [6, 6.07) is 11.7. The van der Waals surface area contributed by atoms with Gasteiger partial charge in [-0.1, -0.05) is 12.1 Å². The number of fused-ring (bicyclic) bond motifs is 2. The summed E-state index contributed by atoms with van der Waals surface area (Å²) in [5, 5.41) is 3.88. The second kappa shape index (κ2) is 9.93. The van der Waals surface area contributed by atoms with Crippen LogP contribution in [0.2, 0.25) is 0 Å². The molecule has 0 aliphatic carbocycles. The third kappa shape index (κ3) is 4.97. The second-order valence-corrected chi connectivity index (χ2v) is 8.85. The number of carbonyl (C=O) groups excluding carboxylic acids is 1. The monoisotopic (exact) mass is 466 g/mol. The molecule has 178 valence electrons. The molecule has 8 heteroatoms. The van der Waals surface area contributed by atoms with Gasteiger partial charge in [-0.05, 0) is 55.0 Å². The Balaban J connectivity index is 1.07. The van der Waals surface area contributed by atoms with Gasteiger partial charge < -0.3 is 15.0 Å². The van der Waals surface area contributed by atoms with Gasteiger partial charge in [0.2, 0.25) is 11.8 Å². The number of benzene rings is 2. The Morgan fingerprint density at radius 1 is 1.00 bits per heavy atom. The van der Waals surface area contributed by atoms with Crippen molar-refractivity contribution in [3.8, 4) is 5.88 Å². The topological polar surface area (TPSA) is 57.7 Å². The normalized spacial score (nSPS) is 16.4. The van der Waals surface area contributed by atoms with Crippen molar-refractivity contribution >= 4 is 28.2 Å². The summed E-state index contributed by atoms with van der Waals surface area (Å²) in [6.45, 7) is 4.94. The van der Waals surface area contributed by atoms with Gasteiger partial charge in [-0.2, -0.15) is 4.98 Å². The Morgan fingerprint density at radius 3 is 2.71 bits per heavy atom. The van der Waals surface area contributed by atoms with Gasteiger partial charge in [-0.25, -0.2) is 8.78 Å². The van der Waals surface area contributed by atoms with Crippen LogP contribution in [-0.4, -0.2) is 55.1 Å². The van der Waals surface area contributed by atoms with Gasteiger partial charge in [0, 0.05) is 55.8 Å². The smallest absolute Gasteiger partial charge is 0.225 e. The van der Waals surface area contributed by atoms with E-state index in [0.29, 0.717) is 35.5 Å². The Morgan fingerprint density at radius 2 is 1.85 bits per heavy atom. The molecule has 1 aromatic heterocycles. The maximum atomic E-state index is 14.5. The molecule has 0 radical (unpaired) electrons. The summed E-state index contributed by atoms with van der Waals surface area (Å²) in [6.07, 6.45) is 3.13. The number of nitrogens with one attached hydrogen (secondary N) is 1. The number of aryl methyl sites for hydroxylation is 1. The molecule has 1 amide bonds. The molecule has 1 N–H and O–H groups in total. The zero-order valence-electron chi connectivity index (χ0n) is 19.0. The molecule has 0 unspecified atom stereocenters. The maximum absolute atomic E-state index is 14.5. The molecule has 2 aliphatic rings. The van der Waals surface area contributed by atoms with Crippen LogP contribution in [-0.2, 0) is 11.2 Å². The predicted molar refractivity (Wildman–Crippen MR) is 128 cm³/mol. The molecule has 1 fully saturated rings. The first-order valence-electron chi connectivity index (χ1n) is 11.8. The summed E-state index contributed by atoms with van der Waals surface area (Å²) in [4.78, 5) is 20.5. The van der Waals surface area contributed by atoms with Crippen LogP contribution < -0.4 is 15.0 Å². The van der Waals surface area contributed by atoms with E-state index in [1.165, 1.54) is 6.07 Å². The van der Waals surface area contributed by atoms with Crippen molar-refractivity contribution in [2.45, 2.75) is 25.7 Å². The highest BCUT2D eigenvalue weighted by molar-refractivity contribution is 5.95. The van der Waals surface area contributed by atoms with Crippen molar-refractivity contribution in [2.75, 3.05) is 49.5 Å². The zero-order valence-corrected chi connectivity index (χ0v) is 19.0. The highest BCUT2D eigenvalue weighted by Crippen LogP contribution is 2.31. The van der Waals surface area contributed by atoms with E-state index in [1.54, 1.807) is 6.07 Å². The molecule has 2 aliphatic heterocycles. The number of rotatable bonds is 7. The fourth-order valence-corrected chi connectivity index (χ4v) is 4.71. The number of nitrogens with zero attached hydrogens (tertiary/aromatic N) is 3. The third-order valence-corrected chi connectivity index (χ3v) is 6.54. The number of halogens is 2. The van der Waals surface area contributed by atoms with Crippen molar-refractivity contribution in [3.63, 3.8) is 0 Å². The van der Waals surface area contributed by atoms with Crippen molar-refractivity contribution in [3.05, 3.63) is 59.7 Å². The molecule has 2 aromatic carbocycles. The van der Waals surface area contributed by atoms with Gasteiger partial charge in [0.1, 0.15) is 17.5 Å². The van der Waals surface area contributed by atoms with Crippen LogP contribution in [0, 0.1) is 11.6 Å². The van der Waals surface area contributed by atoms with E-state index in [0.717, 1.165) is 69.3 Å². The number of anilines is 2. The quantitative estimate of drug-likeness (QED) is 0.524. The number of piperazine rings is 1. The molecule has 0 atom stereocenters. The van der Waals surface area contributed by atoms with Crippen molar-refractivity contribution < 1.29 is 18.3 Å². The lowest BCUT2D eigenvalue weighted by atomic mass is 10.1. The van der Waals surface area contributed by atoms with Crippen LogP contribution in [0.3, 0.4) is 0 Å². The minimum atomic E-state index is -0.551. The number of aromatic nitrogens is 1. The SMILES string of the molecule is O=C1CCc2ccc(OCCCCN3CCN(c4cccc5cc(F)cc(F)c45)CC3)nc2N1. The molecular weight excluding hydrogens is 438 g/mol. The van der Waals surface area contributed by atoms with Gasteiger partial charge in [0.05, 0.1) is 6.61 Å². The minimum Gasteiger partial charge on any atom is -0.478 e. The second-order valence-electron chi connectivity index (χ2n) is 8.85. The molecule has 0 bridgehead atoms. The molecule has 3 heterocycles. The van der Waals surface area contributed by atoms with Crippen LogP contribution in [0.5, 0.6) is 5.88 Å². The Hall–Kier alpha value is -3.26. The number of ether oxygens (including phenoxy) is 1. The van der Waals surface area contributed by atoms with E-state index in [9.17, 15) is 13.6 Å². The number of hydrogen-bond acceptors (Lipinski definition) is 5. The predicted octanol–water partition coefficient (Wildman–Crippen LogP) is 4.38. The van der Waals surface area contributed by atoms with Gasteiger partial charge >= 0.3 is 0 Å². The Kier molecular flexibility index (Phi) is 6.58. The van der Waals surface area contributed by atoms with E-state index in [-0.39, 0.29) is 5.91 Å². The molecule has 3 aromatic rings. The number of pyridine rings is 1. The van der Waals surface area contributed by atoms with E-state index in [1.807, 2.05) is 24.3 Å². The van der Waals surface area contributed by atoms with E-state index in [2.05, 4.69) is 20.1 Å². The fourth-order valence-electron chi connectivity index (χ4n) is 4.71. The lowest BCUT2D eigenvalue weighted by Crippen LogP contribution is -2.46. The maximum Gasteiger partial charge on any atom is 0.225 e. The van der Waals surface area contributed by atoms with Crippen LogP contribution >= 0.6 is 0 Å². The lowest BCUT2D eigenvalue weighted by Gasteiger charge is -2.36. The first-order valence-corrected chi connectivity index (χ1v) is 11.8. The number of carbonyl (C=O) groups is 1. The molecule has 0 saturated carbocycles. The Labute approximate surface area is 197 Å². The first-order chi connectivity index (χ1) is 16.6. The third-order valence-electron chi connectivity index (χ3n) is 6.54. The summed E-state index contributed by atoms with van der Waals surface area (Å²) >= 11 is 0. The van der Waals surface area contributed by atoms with Crippen molar-refractivity contribution in [2.24, 2.45) is 0 Å². The Bertz CT molecular complexity index is 1190. The average Bonchev–Trinajstić information content (AvgIpc) is 2.83. The highest BCUT2D eigenvalue weighted by Gasteiger charge is 2.20. The summed E-state index contributed by atoms with van der Waals surface area (Å²) in [5.74, 6) is 0.0882. The number of unbranched alkanes of at least 4 members (excludes halogenated alkanes) is 1. The molecular formula is C26H28F2N4O2. The molecule has 6 nitrogen and oxygen atoms in total. The first kappa shape index (κ1) is 22.5. The molecule has 0 spiro atoms. The lowest BCUT2D eigenvalue weighted by molar-refractivity contribution is -0.116. The summed E-state index contributed by atoms with van der Waals surface area (Å²) in [7, 11) is 0. The average molecular weight is 467 g/mol. The van der Waals surface area contributed by atoms with Gasteiger partial charge in [-0.3, -0.25) is 9.69 Å². The van der Waals surface area contributed by atoms with E-state index in [4.69, 9.17) is 4.74 Å². The molecule has 5 rings (SSSR count). The van der Waals surface area contributed by atoms with Crippen molar-refractivity contribution in [1.82, 2.24) is 9.88 Å². The van der Waals surface area contributed by atoms with Gasteiger partial charge in [-0.15, -0.1) is 0 Å². The van der Waals surface area contributed by atoms with Crippen molar-refractivity contribution in [1.29, 1.82) is 0 Å². The summed E-state index contributed by atoms with van der Waals surface area (Å²) in [5.41, 5.74) is 1.88. The minimum absolute atomic E-state index is 0.00303. The molecule has 34 heavy (non-hydrogen) atoms. The van der Waals surface area contributed by atoms with Crippen LogP contribution in [0.25, 0.3) is 10.8 Å². The van der Waals surface area contributed by atoms with Crippen LogP contribution in [0.1, 0.15) is 24.8 Å². The number of hydrogen-bond donors (Lipinski definition) is 1. The standard InChI is InChI=1S/C26H28F2N4O2/c27-20-16-19-4-3-5-22(25(19)21(28)17-20)32-13-11-31(12-14-32)10-1-2-15-34-24-9-7-18-6-8-23(33)29-26(18)30-24/h3-5,7,9,16-17H,1-2,6,8,10-15H2,(H,29,30,33). The van der Waals surface area contributed by atoms with Crippen LogP contribution in [0.4, 0.5) is 20.3 Å².